The number of imidazole rings is 1. The lowest BCUT2D eigenvalue weighted by Gasteiger charge is -2.17. The third kappa shape index (κ3) is 4.83. The van der Waals surface area contributed by atoms with E-state index in [2.05, 4.69) is 9.97 Å². The molecule has 158 valence electrons. The molecule has 4 aromatic rings. The normalized spacial score (nSPS) is 11.8. The number of benzene rings is 2. The summed E-state index contributed by atoms with van der Waals surface area (Å²) in [5, 5.41) is 0.442. The topological polar surface area (TPSA) is 60.2 Å². The van der Waals surface area contributed by atoms with Crippen LogP contribution in [0.2, 0.25) is 0 Å². The molecular formula is C24H24N4O2S. The molecule has 0 N–H and O–H groups in total. The summed E-state index contributed by atoms with van der Waals surface area (Å²) in [6, 6.07) is 21.6. The van der Waals surface area contributed by atoms with Gasteiger partial charge in [0.1, 0.15) is 6.61 Å². The van der Waals surface area contributed by atoms with Crippen molar-refractivity contribution in [2.75, 3.05) is 19.0 Å². The van der Waals surface area contributed by atoms with Crippen LogP contribution in [0.3, 0.4) is 0 Å². The van der Waals surface area contributed by atoms with Crippen molar-refractivity contribution in [3.8, 4) is 11.6 Å². The number of pyridine rings is 1. The fourth-order valence-corrected chi connectivity index (χ4v) is 4.51. The van der Waals surface area contributed by atoms with E-state index in [1.165, 1.54) is 0 Å². The summed E-state index contributed by atoms with van der Waals surface area (Å²) >= 11 is 0. The van der Waals surface area contributed by atoms with Gasteiger partial charge in [-0.2, -0.15) is 0 Å². The first-order valence-electron chi connectivity index (χ1n) is 9.92. The summed E-state index contributed by atoms with van der Waals surface area (Å²) in [5.41, 5.74) is 3.10. The van der Waals surface area contributed by atoms with E-state index in [0.29, 0.717) is 29.1 Å². The van der Waals surface area contributed by atoms with Crippen LogP contribution in [0, 0.1) is 0 Å². The fourth-order valence-electron chi connectivity index (χ4n) is 3.31. The van der Waals surface area contributed by atoms with Gasteiger partial charge in [-0.15, -0.1) is 0 Å². The van der Waals surface area contributed by atoms with Crippen molar-refractivity contribution in [1.82, 2.24) is 14.5 Å². The highest BCUT2D eigenvalue weighted by Gasteiger charge is 2.18. The molecule has 0 bridgehead atoms. The van der Waals surface area contributed by atoms with Crippen molar-refractivity contribution in [2.45, 2.75) is 17.5 Å². The molecule has 0 radical (unpaired) electrons. The molecule has 0 saturated carbocycles. The highest BCUT2D eigenvalue weighted by atomic mass is 32.2. The zero-order valence-electron chi connectivity index (χ0n) is 17.5. The zero-order chi connectivity index (χ0) is 21.6. The first-order chi connectivity index (χ1) is 15.1. The number of aromatic nitrogens is 3. The second kappa shape index (κ2) is 9.57. The lowest BCUT2D eigenvalue weighted by atomic mass is 10.2. The van der Waals surface area contributed by atoms with Gasteiger partial charge in [0.25, 0.3) is 0 Å². The van der Waals surface area contributed by atoms with Crippen molar-refractivity contribution in [2.24, 2.45) is 0 Å². The molecule has 2 aromatic heterocycles. The van der Waals surface area contributed by atoms with E-state index in [9.17, 15) is 4.21 Å². The van der Waals surface area contributed by atoms with Crippen LogP contribution in [0.4, 0.5) is 5.69 Å². The maximum Gasteiger partial charge on any atom is 0.205 e. The average molecular weight is 433 g/mol. The van der Waals surface area contributed by atoms with Gasteiger partial charge in [0.05, 0.1) is 16.6 Å². The van der Waals surface area contributed by atoms with E-state index in [-0.39, 0.29) is 0 Å². The van der Waals surface area contributed by atoms with E-state index in [4.69, 9.17) is 4.74 Å². The van der Waals surface area contributed by atoms with Gasteiger partial charge in [-0.3, -0.25) is 8.78 Å². The predicted octanol–water partition coefficient (Wildman–Crippen LogP) is 4.22. The van der Waals surface area contributed by atoms with Gasteiger partial charge in [-0.05, 0) is 29.3 Å². The number of anilines is 1. The minimum absolute atomic E-state index is 0.360. The van der Waals surface area contributed by atoms with Gasteiger partial charge in [0.2, 0.25) is 5.16 Å². The third-order valence-electron chi connectivity index (χ3n) is 4.79. The SMILES string of the molecule is CN(C)c1ccccc1CS(=O)c1nccn1-c1ncccc1OCc1ccccc1. The Bertz CT molecular complexity index is 1170. The molecule has 7 heteroatoms. The van der Waals surface area contributed by atoms with E-state index in [1.54, 1.807) is 23.2 Å². The van der Waals surface area contributed by atoms with Crippen LogP contribution in [-0.2, 0) is 23.2 Å². The number of ether oxygens (including phenoxy) is 1. The number of rotatable bonds is 8. The Labute approximate surface area is 184 Å². The zero-order valence-corrected chi connectivity index (χ0v) is 18.3. The van der Waals surface area contributed by atoms with Crippen LogP contribution >= 0.6 is 0 Å². The lowest BCUT2D eigenvalue weighted by molar-refractivity contribution is 0.303. The van der Waals surface area contributed by atoms with Crippen LogP contribution in [0.5, 0.6) is 5.75 Å². The summed E-state index contributed by atoms with van der Waals surface area (Å²) in [5.74, 6) is 1.54. The molecule has 0 fully saturated rings. The third-order valence-corrected chi connectivity index (χ3v) is 6.07. The van der Waals surface area contributed by atoms with E-state index in [0.717, 1.165) is 16.8 Å². The molecule has 0 amide bonds. The summed E-state index contributed by atoms with van der Waals surface area (Å²) < 4.78 is 21.1. The molecule has 31 heavy (non-hydrogen) atoms. The molecule has 1 unspecified atom stereocenters. The lowest BCUT2D eigenvalue weighted by Crippen LogP contribution is -2.13. The highest BCUT2D eigenvalue weighted by molar-refractivity contribution is 7.84. The number of hydrogen-bond acceptors (Lipinski definition) is 5. The molecule has 2 heterocycles. The molecule has 0 aliphatic heterocycles. The summed E-state index contributed by atoms with van der Waals surface area (Å²) in [6.07, 6.45) is 5.10. The average Bonchev–Trinajstić information content (AvgIpc) is 3.29. The standard InChI is InChI=1S/C24H24N4O2S/c1-27(2)21-12-7-6-11-20(21)18-31(29)24-26-15-16-28(24)23-22(13-8-14-25-23)30-17-19-9-4-3-5-10-19/h3-16H,17-18H2,1-2H3. The largest absolute Gasteiger partial charge is 0.485 e. The molecule has 6 nitrogen and oxygen atoms in total. The van der Waals surface area contributed by atoms with Crippen LogP contribution in [0.25, 0.3) is 5.82 Å². The van der Waals surface area contributed by atoms with Crippen LogP contribution in [0.1, 0.15) is 11.1 Å². The Morgan fingerprint density at radius 3 is 2.52 bits per heavy atom. The Hall–Kier alpha value is -3.45. The quantitative estimate of drug-likeness (QED) is 0.417. The minimum Gasteiger partial charge on any atom is -0.485 e. The maximum absolute atomic E-state index is 13.3. The van der Waals surface area contributed by atoms with Crippen molar-refractivity contribution >= 4 is 16.5 Å². The second-order valence-electron chi connectivity index (χ2n) is 7.19. The smallest absolute Gasteiger partial charge is 0.205 e. The molecule has 1 atom stereocenters. The molecule has 0 aliphatic rings. The second-order valence-corrected chi connectivity index (χ2v) is 8.54. The summed E-state index contributed by atoms with van der Waals surface area (Å²) in [7, 11) is 2.60. The fraction of sp³-hybridized carbons (Fsp3) is 0.167. The Morgan fingerprint density at radius 2 is 1.71 bits per heavy atom. The van der Waals surface area contributed by atoms with Crippen molar-refractivity contribution < 1.29 is 8.95 Å². The maximum atomic E-state index is 13.3. The van der Waals surface area contributed by atoms with Gasteiger partial charge >= 0.3 is 0 Å². The van der Waals surface area contributed by atoms with Gasteiger partial charge in [-0.25, -0.2) is 9.97 Å². The number of para-hydroxylation sites is 1. The van der Waals surface area contributed by atoms with E-state index in [1.807, 2.05) is 85.7 Å². The van der Waals surface area contributed by atoms with E-state index < -0.39 is 10.8 Å². The molecule has 0 spiro atoms. The Kier molecular flexibility index (Phi) is 6.43. The number of hydrogen-bond donors (Lipinski definition) is 0. The molecule has 2 aromatic carbocycles. The Balaban J connectivity index is 1.60. The minimum atomic E-state index is -1.36. The number of nitrogens with zero attached hydrogens (tertiary/aromatic N) is 4. The van der Waals surface area contributed by atoms with Crippen LogP contribution < -0.4 is 9.64 Å². The van der Waals surface area contributed by atoms with E-state index >= 15 is 0 Å². The van der Waals surface area contributed by atoms with Gasteiger partial charge in [0.15, 0.2) is 11.6 Å². The Morgan fingerprint density at radius 1 is 0.935 bits per heavy atom. The molecular weight excluding hydrogens is 408 g/mol. The molecule has 0 saturated heterocycles. The van der Waals surface area contributed by atoms with Crippen molar-refractivity contribution in [1.29, 1.82) is 0 Å². The van der Waals surface area contributed by atoms with Gasteiger partial charge < -0.3 is 9.64 Å². The van der Waals surface area contributed by atoms with Crippen molar-refractivity contribution in [3.05, 3.63) is 96.4 Å². The first-order valence-corrected chi connectivity index (χ1v) is 11.2. The summed E-state index contributed by atoms with van der Waals surface area (Å²) in [6.45, 7) is 0.420. The monoisotopic (exact) mass is 432 g/mol. The van der Waals surface area contributed by atoms with Crippen LogP contribution in [-0.4, -0.2) is 32.8 Å². The predicted molar refractivity (Wildman–Crippen MR) is 123 cm³/mol. The highest BCUT2D eigenvalue weighted by Crippen LogP contribution is 2.26. The molecule has 0 aliphatic carbocycles. The van der Waals surface area contributed by atoms with Crippen molar-refractivity contribution in [3.63, 3.8) is 0 Å². The first kappa shape index (κ1) is 20.8. The van der Waals surface area contributed by atoms with Gasteiger partial charge in [-0.1, -0.05) is 48.5 Å². The molecule has 4 rings (SSSR count). The summed E-state index contributed by atoms with van der Waals surface area (Å²) in [4.78, 5) is 10.9. The van der Waals surface area contributed by atoms with Crippen LogP contribution in [0.15, 0.2) is 90.5 Å². The van der Waals surface area contributed by atoms with Gasteiger partial charge in [0, 0.05) is 38.4 Å².